The molecule has 1 N–H and O–H groups in total. The third kappa shape index (κ3) is 7.71. The Morgan fingerprint density at radius 3 is 2.30 bits per heavy atom. The number of nitrogens with zero attached hydrogens (tertiary/aromatic N) is 3. The number of carbonyl (C=O) groups is 1. The van der Waals surface area contributed by atoms with E-state index in [0.717, 1.165) is 11.9 Å². The highest BCUT2D eigenvalue weighted by molar-refractivity contribution is 9.10. The molecule has 0 bridgehead atoms. The summed E-state index contributed by atoms with van der Waals surface area (Å²) in [5.74, 6) is 0.597. The summed E-state index contributed by atoms with van der Waals surface area (Å²) in [4.78, 5) is 20.7. The molecule has 0 fully saturated rings. The van der Waals surface area contributed by atoms with Crippen molar-refractivity contribution in [2.24, 2.45) is 0 Å². The lowest BCUT2D eigenvalue weighted by atomic mass is 10.1. The Labute approximate surface area is 271 Å². The molecular formula is C33H30BrF3N4O5. The van der Waals surface area contributed by atoms with Gasteiger partial charge in [-0.1, -0.05) is 42.5 Å². The summed E-state index contributed by atoms with van der Waals surface area (Å²) in [5, 5.41) is 2.69. The molecule has 3 aromatic carbocycles. The first-order chi connectivity index (χ1) is 21.8. The molecule has 2 aromatic heterocycles. The zero-order valence-corrected chi connectivity index (χ0v) is 26.9. The Morgan fingerprint density at radius 1 is 0.935 bits per heavy atom. The van der Waals surface area contributed by atoms with E-state index in [4.69, 9.17) is 18.9 Å². The first-order valence-corrected chi connectivity index (χ1v) is 14.8. The minimum absolute atomic E-state index is 0.199. The van der Waals surface area contributed by atoms with Crippen LogP contribution in [0.15, 0.2) is 83.6 Å². The van der Waals surface area contributed by atoms with Gasteiger partial charge in [-0.15, -0.1) is 0 Å². The molecular weight excluding hydrogens is 669 g/mol. The van der Waals surface area contributed by atoms with Crippen molar-refractivity contribution in [1.82, 2.24) is 14.5 Å². The Kier molecular flexibility index (Phi) is 9.42. The van der Waals surface area contributed by atoms with E-state index in [0.29, 0.717) is 50.7 Å². The van der Waals surface area contributed by atoms with Crippen LogP contribution in [-0.2, 0) is 11.3 Å². The van der Waals surface area contributed by atoms with Crippen LogP contribution in [0, 0.1) is 0 Å². The SMILES string of the molecule is COc1cc(-n2c(-c3ccc(NC(=O)OC(C)(C)C)cc3)c(Br)c3ncnc(OCC(F)(F)F)c32)ccc1OCc1ccccc1. The number of methoxy groups -OCH3 is 1. The van der Waals surface area contributed by atoms with Gasteiger partial charge in [0.25, 0.3) is 0 Å². The Balaban J connectivity index is 1.60. The number of fused-ring (bicyclic) bond motifs is 1. The normalized spacial score (nSPS) is 11.7. The van der Waals surface area contributed by atoms with Gasteiger partial charge in [-0.05, 0) is 72.1 Å². The third-order valence-electron chi connectivity index (χ3n) is 6.47. The first kappa shape index (κ1) is 32.6. The van der Waals surface area contributed by atoms with Gasteiger partial charge < -0.3 is 23.5 Å². The van der Waals surface area contributed by atoms with Crippen LogP contribution >= 0.6 is 15.9 Å². The van der Waals surface area contributed by atoms with Crippen LogP contribution in [0.25, 0.3) is 28.0 Å². The summed E-state index contributed by atoms with van der Waals surface area (Å²) in [6.07, 6.45) is -4.06. The fourth-order valence-corrected chi connectivity index (χ4v) is 5.30. The van der Waals surface area contributed by atoms with Crippen LogP contribution in [0.5, 0.6) is 17.4 Å². The molecule has 0 spiro atoms. The second kappa shape index (κ2) is 13.3. The van der Waals surface area contributed by atoms with Crippen molar-refractivity contribution in [3.8, 4) is 34.3 Å². The molecule has 0 aliphatic rings. The van der Waals surface area contributed by atoms with Crippen LogP contribution in [0.1, 0.15) is 26.3 Å². The van der Waals surface area contributed by atoms with Crippen LogP contribution < -0.4 is 19.5 Å². The molecule has 5 rings (SSSR count). The molecule has 5 aromatic rings. The van der Waals surface area contributed by atoms with Gasteiger partial charge in [0, 0.05) is 11.8 Å². The summed E-state index contributed by atoms with van der Waals surface area (Å²) in [7, 11) is 1.50. The molecule has 46 heavy (non-hydrogen) atoms. The standard InChI is InChI=1S/C33H30BrF3N4O5/c1-32(2,3)46-31(42)40-22-12-10-21(11-13-22)28-26(34)27-29(30(39-19-38-27)45-18-33(35,36)37)41(28)23-14-15-24(25(16-23)43-4)44-17-20-8-6-5-7-9-20/h5-16,19H,17-18H2,1-4H3,(H,40,42). The quantitative estimate of drug-likeness (QED) is 0.164. The van der Waals surface area contributed by atoms with Gasteiger partial charge in [-0.3, -0.25) is 5.32 Å². The lowest BCUT2D eigenvalue weighted by Gasteiger charge is -2.19. The third-order valence-corrected chi connectivity index (χ3v) is 7.22. The number of benzene rings is 3. The van der Waals surface area contributed by atoms with Gasteiger partial charge in [-0.25, -0.2) is 9.78 Å². The van der Waals surface area contributed by atoms with E-state index in [1.165, 1.54) is 7.11 Å². The maximum absolute atomic E-state index is 13.2. The van der Waals surface area contributed by atoms with Gasteiger partial charge in [-0.2, -0.15) is 18.2 Å². The Hall–Kier alpha value is -4.78. The average molecular weight is 700 g/mol. The Bertz CT molecular complexity index is 1840. The highest BCUT2D eigenvalue weighted by atomic mass is 79.9. The average Bonchev–Trinajstić information content (AvgIpc) is 3.31. The largest absolute Gasteiger partial charge is 0.493 e. The van der Waals surface area contributed by atoms with E-state index < -0.39 is 24.5 Å². The van der Waals surface area contributed by atoms with Crippen LogP contribution in [0.4, 0.5) is 23.7 Å². The van der Waals surface area contributed by atoms with Crippen LogP contribution in [0.3, 0.4) is 0 Å². The smallest absolute Gasteiger partial charge is 0.422 e. The minimum Gasteiger partial charge on any atom is -0.493 e. The predicted octanol–water partition coefficient (Wildman–Crippen LogP) is 8.73. The highest BCUT2D eigenvalue weighted by Gasteiger charge is 2.31. The van der Waals surface area contributed by atoms with E-state index in [1.54, 1.807) is 67.8 Å². The van der Waals surface area contributed by atoms with Gasteiger partial charge in [0.05, 0.1) is 23.0 Å². The van der Waals surface area contributed by atoms with Crippen molar-refractivity contribution in [1.29, 1.82) is 0 Å². The molecule has 0 aliphatic heterocycles. The maximum atomic E-state index is 13.2. The van der Waals surface area contributed by atoms with Crippen LogP contribution in [0.2, 0.25) is 0 Å². The van der Waals surface area contributed by atoms with Gasteiger partial charge in [0.1, 0.15) is 29.6 Å². The van der Waals surface area contributed by atoms with Crippen molar-refractivity contribution < 1.29 is 36.9 Å². The Morgan fingerprint density at radius 2 is 1.65 bits per heavy atom. The van der Waals surface area contributed by atoms with Crippen molar-refractivity contribution in [2.45, 2.75) is 39.2 Å². The number of hydrogen-bond donors (Lipinski definition) is 1. The molecule has 9 nitrogen and oxygen atoms in total. The van der Waals surface area contributed by atoms with E-state index in [9.17, 15) is 18.0 Å². The van der Waals surface area contributed by atoms with E-state index in [1.807, 2.05) is 30.3 Å². The topological polar surface area (TPSA) is 96.7 Å². The summed E-state index contributed by atoms with van der Waals surface area (Å²) >= 11 is 3.62. The molecule has 13 heteroatoms. The summed E-state index contributed by atoms with van der Waals surface area (Å²) in [5.41, 5.74) is 2.98. The fourth-order valence-electron chi connectivity index (χ4n) is 4.60. The number of amides is 1. The number of aromatic nitrogens is 3. The lowest BCUT2D eigenvalue weighted by Crippen LogP contribution is -2.27. The zero-order chi connectivity index (χ0) is 33.1. The number of rotatable bonds is 9. The second-order valence-electron chi connectivity index (χ2n) is 11.1. The molecule has 1 amide bonds. The molecule has 240 valence electrons. The summed E-state index contributed by atoms with van der Waals surface area (Å²) < 4.78 is 64.0. The lowest BCUT2D eigenvalue weighted by molar-refractivity contribution is -0.153. The van der Waals surface area contributed by atoms with Crippen molar-refractivity contribution in [3.63, 3.8) is 0 Å². The van der Waals surface area contributed by atoms with E-state index >= 15 is 0 Å². The molecule has 0 atom stereocenters. The van der Waals surface area contributed by atoms with Gasteiger partial charge in [0.2, 0.25) is 5.88 Å². The fraction of sp³-hybridized carbons (Fsp3) is 0.242. The highest BCUT2D eigenvalue weighted by Crippen LogP contribution is 2.43. The molecule has 0 unspecified atom stereocenters. The number of hydrogen-bond acceptors (Lipinski definition) is 7. The van der Waals surface area contributed by atoms with Gasteiger partial charge in [0.15, 0.2) is 18.1 Å². The predicted molar refractivity (Wildman–Crippen MR) is 171 cm³/mol. The number of alkyl halides is 3. The summed E-state index contributed by atoms with van der Waals surface area (Å²) in [6, 6.07) is 21.6. The second-order valence-corrected chi connectivity index (χ2v) is 11.9. The number of halogens is 4. The number of carbonyl (C=O) groups excluding carboxylic acids is 1. The molecule has 0 saturated heterocycles. The van der Waals surface area contributed by atoms with E-state index in [-0.39, 0.29) is 11.4 Å². The minimum atomic E-state index is -4.59. The number of nitrogens with one attached hydrogen (secondary N) is 1. The maximum Gasteiger partial charge on any atom is 0.422 e. The number of ether oxygens (including phenoxy) is 4. The summed E-state index contributed by atoms with van der Waals surface area (Å²) in [6.45, 7) is 4.04. The molecule has 2 heterocycles. The van der Waals surface area contributed by atoms with Crippen molar-refractivity contribution in [2.75, 3.05) is 19.0 Å². The first-order valence-electron chi connectivity index (χ1n) is 14.0. The number of anilines is 1. The molecule has 0 aliphatic carbocycles. The molecule has 0 saturated carbocycles. The van der Waals surface area contributed by atoms with Crippen LogP contribution in [-0.4, -0.2) is 46.1 Å². The van der Waals surface area contributed by atoms with E-state index in [2.05, 4.69) is 31.2 Å². The van der Waals surface area contributed by atoms with Gasteiger partial charge >= 0.3 is 12.3 Å². The molecule has 0 radical (unpaired) electrons. The zero-order valence-electron chi connectivity index (χ0n) is 25.3. The van der Waals surface area contributed by atoms with Crippen molar-refractivity contribution >= 4 is 38.7 Å². The monoisotopic (exact) mass is 698 g/mol. The van der Waals surface area contributed by atoms with Crippen molar-refractivity contribution in [3.05, 3.63) is 89.2 Å².